The molecule has 3 aromatic rings. The van der Waals surface area contributed by atoms with Crippen LogP contribution in [0.1, 0.15) is 81.9 Å². The lowest BCUT2D eigenvalue weighted by Gasteiger charge is -2.41. The van der Waals surface area contributed by atoms with E-state index in [0.29, 0.717) is 18.2 Å². The lowest BCUT2D eigenvalue weighted by atomic mass is 9.78. The van der Waals surface area contributed by atoms with Crippen molar-refractivity contribution >= 4 is 28.8 Å². The number of carbonyl (C=O) groups excluding carboxylic acids is 2. The second-order valence-corrected chi connectivity index (χ2v) is 14.2. The SMILES string of the molecule is Cc1ncsc1-c1ccc([C@H](C)NC(=O)[C@]2(C(=O)CC(C)c3cc(N4CC(CC5CCNCC5)C4)no3)NCCC2C)cc1. The Bertz CT molecular complexity index is 1440. The number of ketones is 1. The molecule has 0 spiro atoms. The molecule has 0 saturated carbocycles. The molecule has 0 radical (unpaired) electrons. The van der Waals surface area contributed by atoms with Crippen molar-refractivity contribution in [2.24, 2.45) is 17.8 Å². The molecule has 236 valence electrons. The third-order valence-corrected chi connectivity index (χ3v) is 11.2. The number of amides is 1. The fourth-order valence-electron chi connectivity index (χ4n) is 7.27. The van der Waals surface area contributed by atoms with Crippen LogP contribution in [0.15, 0.2) is 40.4 Å². The molecule has 3 N–H and O–H groups in total. The molecule has 3 saturated heterocycles. The van der Waals surface area contributed by atoms with Crippen molar-refractivity contribution in [1.29, 1.82) is 0 Å². The Labute approximate surface area is 264 Å². The van der Waals surface area contributed by atoms with Crippen LogP contribution < -0.4 is 20.9 Å². The second-order valence-electron chi connectivity index (χ2n) is 13.3. The van der Waals surface area contributed by atoms with E-state index < -0.39 is 5.54 Å². The Kier molecular flexibility index (Phi) is 9.21. The Hall–Kier alpha value is -3.08. The van der Waals surface area contributed by atoms with Gasteiger partial charge in [0.2, 0.25) is 5.91 Å². The van der Waals surface area contributed by atoms with Gasteiger partial charge in [-0.3, -0.25) is 14.9 Å². The summed E-state index contributed by atoms with van der Waals surface area (Å²) < 4.78 is 5.74. The van der Waals surface area contributed by atoms with Crippen molar-refractivity contribution in [3.05, 3.63) is 52.9 Å². The molecule has 3 fully saturated rings. The molecule has 44 heavy (non-hydrogen) atoms. The van der Waals surface area contributed by atoms with E-state index in [2.05, 4.69) is 43.1 Å². The summed E-state index contributed by atoms with van der Waals surface area (Å²) in [6, 6.07) is 9.95. The maximum Gasteiger partial charge on any atom is 0.248 e. The highest BCUT2D eigenvalue weighted by Gasteiger charge is 2.53. The average Bonchev–Trinajstić information content (AvgIpc) is 3.75. The van der Waals surface area contributed by atoms with E-state index in [9.17, 15) is 9.59 Å². The van der Waals surface area contributed by atoms with Crippen molar-refractivity contribution in [2.75, 3.05) is 37.6 Å². The van der Waals surface area contributed by atoms with Crippen LogP contribution in [-0.2, 0) is 9.59 Å². The first-order chi connectivity index (χ1) is 21.2. The van der Waals surface area contributed by atoms with Crippen LogP contribution in [0.5, 0.6) is 0 Å². The van der Waals surface area contributed by atoms with Gasteiger partial charge in [0.15, 0.2) is 17.1 Å². The minimum Gasteiger partial charge on any atom is -0.359 e. The van der Waals surface area contributed by atoms with Crippen molar-refractivity contribution in [3.8, 4) is 10.4 Å². The molecular weight excluding hydrogens is 572 g/mol. The number of nitrogens with zero attached hydrogens (tertiary/aromatic N) is 3. The van der Waals surface area contributed by atoms with Gasteiger partial charge < -0.3 is 20.1 Å². The zero-order valence-corrected chi connectivity index (χ0v) is 27.2. The molecule has 3 aliphatic heterocycles. The van der Waals surface area contributed by atoms with Crippen molar-refractivity contribution in [1.82, 2.24) is 26.1 Å². The third kappa shape index (κ3) is 6.21. The fraction of sp³-hybridized carbons (Fsp3) is 0.588. The number of carbonyl (C=O) groups is 2. The van der Waals surface area contributed by atoms with Gasteiger partial charge in [-0.1, -0.05) is 43.3 Å². The number of aryl methyl sites for hydroxylation is 1. The number of rotatable bonds is 11. The smallest absolute Gasteiger partial charge is 0.248 e. The molecule has 0 bridgehead atoms. The highest BCUT2D eigenvalue weighted by Crippen LogP contribution is 2.36. The van der Waals surface area contributed by atoms with Gasteiger partial charge in [0.1, 0.15) is 5.76 Å². The van der Waals surface area contributed by atoms with Crippen LogP contribution >= 0.6 is 11.3 Å². The minimum absolute atomic E-state index is 0.0975. The van der Waals surface area contributed by atoms with E-state index in [-0.39, 0.29) is 36.0 Å². The van der Waals surface area contributed by atoms with E-state index in [4.69, 9.17) is 4.52 Å². The molecule has 10 heteroatoms. The Balaban J connectivity index is 1.06. The van der Waals surface area contributed by atoms with Crippen LogP contribution in [0.2, 0.25) is 0 Å². The molecule has 3 aliphatic rings. The molecule has 5 heterocycles. The maximum atomic E-state index is 14.0. The second kappa shape index (κ2) is 13.1. The number of anilines is 1. The lowest BCUT2D eigenvalue weighted by Crippen LogP contribution is -2.62. The van der Waals surface area contributed by atoms with Crippen molar-refractivity contribution in [2.45, 2.75) is 77.3 Å². The van der Waals surface area contributed by atoms with E-state index in [1.54, 1.807) is 11.3 Å². The van der Waals surface area contributed by atoms with Crippen LogP contribution in [0.25, 0.3) is 10.4 Å². The van der Waals surface area contributed by atoms with Gasteiger partial charge in [0.05, 0.1) is 22.1 Å². The van der Waals surface area contributed by atoms with Crippen LogP contribution in [0, 0.1) is 24.7 Å². The standard InChI is InChI=1S/C34H46N6O3S/c1-21(29-17-31(39-43-29)40-18-26(19-40)16-25-10-12-35-13-11-25)15-30(41)34(22(2)9-14-37-34)33(42)38-23(3)27-5-7-28(8-6-27)32-24(4)36-20-44-32/h5-8,17,20-23,25-26,35,37H,9-16,18-19H2,1-4H3,(H,38,42)/t21?,22?,23-,34-/m0/s1. The number of hydrogen-bond acceptors (Lipinski definition) is 9. The molecule has 2 aromatic heterocycles. The number of aromatic nitrogens is 2. The third-order valence-electron chi connectivity index (χ3n) is 10.2. The average molecular weight is 619 g/mol. The van der Waals surface area contributed by atoms with E-state index in [1.807, 2.05) is 51.4 Å². The van der Waals surface area contributed by atoms with E-state index in [0.717, 1.165) is 66.0 Å². The summed E-state index contributed by atoms with van der Waals surface area (Å²) in [5, 5.41) is 14.3. The fourth-order valence-corrected chi connectivity index (χ4v) is 8.08. The van der Waals surface area contributed by atoms with Gasteiger partial charge >= 0.3 is 0 Å². The van der Waals surface area contributed by atoms with Gasteiger partial charge in [-0.25, -0.2) is 4.98 Å². The maximum absolute atomic E-state index is 14.0. The normalized spacial score (nSPS) is 24.2. The molecule has 1 amide bonds. The van der Waals surface area contributed by atoms with Gasteiger partial charge in [-0.2, -0.15) is 0 Å². The molecule has 1 aromatic carbocycles. The first-order valence-electron chi connectivity index (χ1n) is 16.3. The Morgan fingerprint density at radius 2 is 1.86 bits per heavy atom. The van der Waals surface area contributed by atoms with Gasteiger partial charge in [-0.15, -0.1) is 11.3 Å². The molecule has 0 aliphatic carbocycles. The Morgan fingerprint density at radius 1 is 1.11 bits per heavy atom. The van der Waals surface area contributed by atoms with Crippen molar-refractivity contribution < 1.29 is 14.1 Å². The van der Waals surface area contributed by atoms with Crippen LogP contribution in [0.4, 0.5) is 5.82 Å². The number of Topliss-reactive ketones (excluding diaryl/α,β-unsaturated/α-hetero) is 1. The molecular formula is C34H46N6O3S. The largest absolute Gasteiger partial charge is 0.359 e. The van der Waals surface area contributed by atoms with Gasteiger partial charge in [0, 0.05) is 31.5 Å². The molecule has 6 rings (SSSR count). The number of thiazole rings is 1. The van der Waals surface area contributed by atoms with Crippen molar-refractivity contribution in [3.63, 3.8) is 0 Å². The summed E-state index contributed by atoms with van der Waals surface area (Å²) in [6.45, 7) is 12.9. The number of nitrogens with one attached hydrogen (secondary N) is 3. The topological polar surface area (TPSA) is 112 Å². The highest BCUT2D eigenvalue weighted by molar-refractivity contribution is 7.13. The summed E-state index contributed by atoms with van der Waals surface area (Å²) >= 11 is 1.62. The van der Waals surface area contributed by atoms with Gasteiger partial charge in [-0.05, 0) is 88.0 Å². The zero-order chi connectivity index (χ0) is 30.8. The van der Waals surface area contributed by atoms with Crippen LogP contribution in [0.3, 0.4) is 0 Å². The number of benzene rings is 1. The Morgan fingerprint density at radius 3 is 2.52 bits per heavy atom. The number of hydrogen-bond donors (Lipinski definition) is 3. The number of piperidine rings is 1. The summed E-state index contributed by atoms with van der Waals surface area (Å²) in [6.07, 6.45) is 4.82. The van der Waals surface area contributed by atoms with E-state index >= 15 is 0 Å². The van der Waals surface area contributed by atoms with Gasteiger partial charge in [0.25, 0.3) is 0 Å². The van der Waals surface area contributed by atoms with E-state index in [1.165, 1.54) is 19.3 Å². The monoisotopic (exact) mass is 618 g/mol. The summed E-state index contributed by atoms with van der Waals surface area (Å²) in [5.74, 6) is 2.44. The minimum atomic E-state index is -1.26. The summed E-state index contributed by atoms with van der Waals surface area (Å²) in [5.41, 5.74) is 3.71. The highest BCUT2D eigenvalue weighted by atomic mass is 32.1. The first kappa shape index (κ1) is 30.9. The first-order valence-corrected chi connectivity index (χ1v) is 17.1. The van der Waals surface area contributed by atoms with Crippen LogP contribution in [-0.4, -0.2) is 60.1 Å². The predicted molar refractivity (Wildman–Crippen MR) is 174 cm³/mol. The molecule has 2 unspecified atom stereocenters. The molecule has 4 atom stereocenters. The lowest BCUT2D eigenvalue weighted by molar-refractivity contribution is -0.139. The molecule has 9 nitrogen and oxygen atoms in total. The summed E-state index contributed by atoms with van der Waals surface area (Å²) in [7, 11) is 0. The zero-order valence-electron chi connectivity index (χ0n) is 26.4. The summed E-state index contributed by atoms with van der Waals surface area (Å²) in [4.78, 5) is 35.6. The quantitative estimate of drug-likeness (QED) is 0.250. The predicted octanol–water partition coefficient (Wildman–Crippen LogP) is 5.24.